The molecule has 1 atom stereocenters. The molecule has 2 aromatic heterocycles. The maximum atomic E-state index is 6.19. The second kappa shape index (κ2) is 6.04. The van der Waals surface area contributed by atoms with E-state index in [4.69, 9.17) is 11.6 Å². The van der Waals surface area contributed by atoms with E-state index in [-0.39, 0.29) is 6.17 Å². The van der Waals surface area contributed by atoms with Crippen molar-refractivity contribution in [2.75, 3.05) is 10.2 Å². The molecule has 0 bridgehead atoms. The molecule has 0 amide bonds. The molecule has 1 aliphatic heterocycles. The molecule has 1 N–H and O–H groups in total. The molecule has 6 heteroatoms. The molecule has 4 aromatic rings. The van der Waals surface area contributed by atoms with Gasteiger partial charge in [-0.05, 0) is 30.3 Å². The van der Waals surface area contributed by atoms with Gasteiger partial charge in [0.05, 0.1) is 23.3 Å². The van der Waals surface area contributed by atoms with Gasteiger partial charge in [-0.2, -0.15) is 0 Å². The van der Waals surface area contributed by atoms with E-state index < -0.39 is 0 Å². The monoisotopic (exact) mass is 361 g/mol. The number of hydrogen-bond donors (Lipinski definition) is 1. The summed E-state index contributed by atoms with van der Waals surface area (Å²) in [4.78, 5) is 10.8. The van der Waals surface area contributed by atoms with E-state index in [1.165, 1.54) is 12.0 Å². The summed E-state index contributed by atoms with van der Waals surface area (Å²) in [6.07, 6.45) is 3.59. The Kier molecular flexibility index (Phi) is 3.53. The molecule has 3 heterocycles. The van der Waals surface area contributed by atoms with Crippen molar-refractivity contribution in [3.05, 3.63) is 78.3 Å². The number of anilines is 3. The Morgan fingerprint density at radius 1 is 0.962 bits per heavy atom. The van der Waals surface area contributed by atoms with Gasteiger partial charge in [0.15, 0.2) is 0 Å². The predicted octanol–water partition coefficient (Wildman–Crippen LogP) is 4.67. The maximum absolute atomic E-state index is 6.19. The number of hydrogen-bond acceptors (Lipinski definition) is 4. The highest BCUT2D eigenvalue weighted by molar-refractivity contribution is 6.33. The fraction of sp³-hybridized carbons (Fsp3) is 0.100. The Morgan fingerprint density at radius 2 is 1.77 bits per heavy atom. The first-order chi connectivity index (χ1) is 12.8. The molecular formula is C20H16ClN5. The SMILES string of the molecule is Clc1ncnc2c1ccn2CC1Nc2ccccc2N1c1ccccc1. The molecule has 0 saturated heterocycles. The summed E-state index contributed by atoms with van der Waals surface area (Å²) in [5.41, 5.74) is 4.30. The quantitative estimate of drug-likeness (QED) is 0.538. The number of benzene rings is 2. The number of nitrogens with one attached hydrogen (secondary N) is 1. The minimum atomic E-state index is 0.0686. The summed E-state index contributed by atoms with van der Waals surface area (Å²) in [6, 6.07) is 20.7. The van der Waals surface area contributed by atoms with Gasteiger partial charge in [-0.1, -0.05) is 41.9 Å². The first-order valence-corrected chi connectivity index (χ1v) is 8.84. The number of fused-ring (bicyclic) bond motifs is 2. The van der Waals surface area contributed by atoms with E-state index >= 15 is 0 Å². The number of aromatic nitrogens is 3. The van der Waals surface area contributed by atoms with Crippen LogP contribution in [0.5, 0.6) is 0 Å². The summed E-state index contributed by atoms with van der Waals surface area (Å²) < 4.78 is 2.11. The van der Waals surface area contributed by atoms with Gasteiger partial charge in [0.25, 0.3) is 0 Å². The molecule has 2 aromatic carbocycles. The van der Waals surface area contributed by atoms with Gasteiger partial charge in [0, 0.05) is 11.9 Å². The summed E-state index contributed by atoms with van der Waals surface area (Å²) in [5, 5.41) is 4.98. The molecular weight excluding hydrogens is 346 g/mol. The van der Waals surface area contributed by atoms with E-state index in [2.05, 4.69) is 73.3 Å². The summed E-state index contributed by atoms with van der Waals surface area (Å²) in [7, 11) is 0. The third-order valence-corrected chi connectivity index (χ3v) is 5.01. The summed E-state index contributed by atoms with van der Waals surface area (Å²) >= 11 is 6.19. The van der Waals surface area contributed by atoms with Crippen LogP contribution in [0.4, 0.5) is 17.1 Å². The number of para-hydroxylation sites is 3. The van der Waals surface area contributed by atoms with Gasteiger partial charge in [0.2, 0.25) is 0 Å². The van der Waals surface area contributed by atoms with Gasteiger partial charge < -0.3 is 14.8 Å². The molecule has 0 fully saturated rings. The normalized spacial score (nSPS) is 15.9. The van der Waals surface area contributed by atoms with Crippen molar-refractivity contribution >= 4 is 39.7 Å². The average molecular weight is 362 g/mol. The van der Waals surface area contributed by atoms with Crippen LogP contribution in [-0.2, 0) is 6.54 Å². The Hall–Kier alpha value is -3.05. The first kappa shape index (κ1) is 15.2. The average Bonchev–Trinajstić information content (AvgIpc) is 3.25. The minimum absolute atomic E-state index is 0.0686. The summed E-state index contributed by atoms with van der Waals surface area (Å²) in [5.74, 6) is 0. The zero-order chi connectivity index (χ0) is 17.5. The van der Waals surface area contributed by atoms with Crippen molar-refractivity contribution in [1.29, 1.82) is 0 Å². The molecule has 26 heavy (non-hydrogen) atoms. The van der Waals surface area contributed by atoms with Gasteiger partial charge >= 0.3 is 0 Å². The number of halogens is 1. The molecule has 0 aliphatic carbocycles. The van der Waals surface area contributed by atoms with Crippen LogP contribution in [0.2, 0.25) is 5.15 Å². The van der Waals surface area contributed by atoms with E-state index in [1.54, 1.807) is 0 Å². The van der Waals surface area contributed by atoms with Crippen molar-refractivity contribution in [2.45, 2.75) is 12.7 Å². The van der Waals surface area contributed by atoms with E-state index in [0.29, 0.717) is 5.15 Å². The molecule has 0 spiro atoms. The number of rotatable bonds is 3. The fourth-order valence-electron chi connectivity index (χ4n) is 3.56. The van der Waals surface area contributed by atoms with Crippen LogP contribution in [0.1, 0.15) is 0 Å². The van der Waals surface area contributed by atoms with Gasteiger partial charge in [-0.3, -0.25) is 0 Å². The minimum Gasteiger partial charge on any atom is -0.362 e. The third-order valence-electron chi connectivity index (χ3n) is 4.71. The number of nitrogens with zero attached hydrogens (tertiary/aromatic N) is 4. The molecule has 0 radical (unpaired) electrons. The smallest absolute Gasteiger partial charge is 0.144 e. The Balaban J connectivity index is 1.56. The van der Waals surface area contributed by atoms with Gasteiger partial charge in [-0.15, -0.1) is 0 Å². The highest BCUT2D eigenvalue weighted by Gasteiger charge is 2.30. The zero-order valence-electron chi connectivity index (χ0n) is 13.9. The van der Waals surface area contributed by atoms with Crippen molar-refractivity contribution in [2.24, 2.45) is 0 Å². The first-order valence-electron chi connectivity index (χ1n) is 8.46. The predicted molar refractivity (Wildman–Crippen MR) is 105 cm³/mol. The lowest BCUT2D eigenvalue weighted by Crippen LogP contribution is -2.35. The largest absolute Gasteiger partial charge is 0.362 e. The second-order valence-corrected chi connectivity index (χ2v) is 6.61. The van der Waals surface area contributed by atoms with Crippen LogP contribution >= 0.6 is 11.6 Å². The second-order valence-electron chi connectivity index (χ2n) is 6.25. The topological polar surface area (TPSA) is 46.0 Å². The third kappa shape index (κ3) is 2.40. The lowest BCUT2D eigenvalue weighted by atomic mass is 10.2. The molecule has 1 aliphatic rings. The standard InChI is InChI=1S/C20H16ClN5/c21-19-15-10-11-25(20(15)23-13-22-19)12-18-24-16-8-4-5-9-17(16)26(18)14-6-2-1-3-7-14/h1-11,13,18,24H,12H2. The Bertz CT molecular complexity index is 1080. The molecule has 0 saturated carbocycles. The maximum Gasteiger partial charge on any atom is 0.144 e. The lowest BCUT2D eigenvalue weighted by Gasteiger charge is -2.27. The van der Waals surface area contributed by atoms with Crippen molar-refractivity contribution in [1.82, 2.24) is 14.5 Å². The summed E-state index contributed by atoms with van der Waals surface area (Å²) in [6.45, 7) is 0.723. The van der Waals surface area contributed by atoms with E-state index in [0.717, 1.165) is 29.0 Å². The van der Waals surface area contributed by atoms with Gasteiger partial charge in [0.1, 0.15) is 23.3 Å². The van der Waals surface area contributed by atoms with Crippen LogP contribution in [0.25, 0.3) is 11.0 Å². The fourth-order valence-corrected chi connectivity index (χ4v) is 3.75. The van der Waals surface area contributed by atoms with Crippen LogP contribution in [0.3, 0.4) is 0 Å². The van der Waals surface area contributed by atoms with Crippen molar-refractivity contribution in [3.8, 4) is 0 Å². The highest BCUT2D eigenvalue weighted by Crippen LogP contribution is 2.40. The van der Waals surface area contributed by atoms with Gasteiger partial charge in [-0.25, -0.2) is 9.97 Å². The van der Waals surface area contributed by atoms with Crippen LogP contribution < -0.4 is 10.2 Å². The van der Waals surface area contributed by atoms with Crippen molar-refractivity contribution < 1.29 is 0 Å². The molecule has 5 rings (SSSR count). The van der Waals surface area contributed by atoms with Crippen molar-refractivity contribution in [3.63, 3.8) is 0 Å². The highest BCUT2D eigenvalue weighted by atomic mass is 35.5. The molecule has 1 unspecified atom stereocenters. The molecule has 5 nitrogen and oxygen atoms in total. The lowest BCUT2D eigenvalue weighted by molar-refractivity contribution is 0.614. The zero-order valence-corrected chi connectivity index (χ0v) is 14.6. The van der Waals surface area contributed by atoms with E-state index in [1.807, 2.05) is 18.3 Å². The van der Waals surface area contributed by atoms with E-state index in [9.17, 15) is 0 Å². The molecule has 128 valence electrons. The Labute approximate surface area is 155 Å². The van der Waals surface area contributed by atoms with Crippen LogP contribution in [-0.4, -0.2) is 20.7 Å². The van der Waals surface area contributed by atoms with Crippen LogP contribution in [0, 0.1) is 0 Å². The van der Waals surface area contributed by atoms with Crippen LogP contribution in [0.15, 0.2) is 73.2 Å². The Morgan fingerprint density at radius 3 is 2.65 bits per heavy atom.